The molecule has 0 saturated carbocycles. The van der Waals surface area contributed by atoms with Crippen LogP contribution < -0.4 is 9.47 Å². The Hall–Kier alpha value is -2.02. The summed E-state index contributed by atoms with van der Waals surface area (Å²) in [5.41, 5.74) is 2.01. The van der Waals surface area contributed by atoms with Crippen molar-refractivity contribution in [2.75, 3.05) is 31.8 Å². The molecular formula is C19H29NO5S. The highest BCUT2D eigenvalue weighted by Crippen LogP contribution is 2.28. The normalized spacial score (nSPS) is 12.0. The van der Waals surface area contributed by atoms with Crippen molar-refractivity contribution >= 4 is 16.1 Å². The Morgan fingerprint density at radius 3 is 2.42 bits per heavy atom. The summed E-state index contributed by atoms with van der Waals surface area (Å²) in [7, 11) is -1.76. The topological polar surface area (TPSA) is 74.2 Å². The summed E-state index contributed by atoms with van der Waals surface area (Å²) in [6, 6.07) is 3.90. The van der Waals surface area contributed by atoms with Gasteiger partial charge in [0.05, 0.1) is 24.3 Å². The van der Waals surface area contributed by atoms with E-state index in [0.29, 0.717) is 26.1 Å². The van der Waals surface area contributed by atoms with Gasteiger partial charge >= 0.3 is 0 Å². The van der Waals surface area contributed by atoms with Crippen molar-refractivity contribution in [1.29, 1.82) is 0 Å². The molecule has 6 nitrogen and oxygen atoms in total. The zero-order valence-electron chi connectivity index (χ0n) is 16.0. The van der Waals surface area contributed by atoms with Gasteiger partial charge in [0, 0.05) is 0 Å². The van der Waals surface area contributed by atoms with Crippen molar-refractivity contribution in [3.8, 4) is 11.5 Å². The lowest BCUT2D eigenvalue weighted by Crippen LogP contribution is -2.13. The maximum absolute atomic E-state index is 11.8. The Bertz CT molecular complexity index is 688. The molecule has 1 aromatic carbocycles. The molecule has 0 aliphatic rings. The van der Waals surface area contributed by atoms with Crippen LogP contribution in [0.3, 0.4) is 0 Å². The molecule has 26 heavy (non-hydrogen) atoms. The minimum atomic E-state index is -3.14. The summed E-state index contributed by atoms with van der Waals surface area (Å²) in [5, 5.41) is 3.45. The number of rotatable bonds is 12. The molecule has 0 fully saturated rings. The van der Waals surface area contributed by atoms with Gasteiger partial charge in [-0.25, -0.2) is 8.42 Å². The lowest BCUT2D eigenvalue weighted by molar-refractivity contribution is 0.215. The molecule has 0 aliphatic heterocycles. The van der Waals surface area contributed by atoms with E-state index in [2.05, 4.69) is 9.99 Å². The van der Waals surface area contributed by atoms with E-state index in [1.165, 1.54) is 13.3 Å². The smallest absolute Gasteiger partial charge is 0.155 e. The van der Waals surface area contributed by atoms with Crippen molar-refractivity contribution in [3.63, 3.8) is 0 Å². The zero-order valence-corrected chi connectivity index (χ0v) is 16.8. The Balaban J connectivity index is 2.44. The van der Waals surface area contributed by atoms with Crippen molar-refractivity contribution in [2.24, 2.45) is 5.16 Å². The van der Waals surface area contributed by atoms with E-state index >= 15 is 0 Å². The number of sulfone groups is 1. The van der Waals surface area contributed by atoms with Crippen molar-refractivity contribution in [3.05, 3.63) is 35.4 Å². The van der Waals surface area contributed by atoms with Crippen molar-refractivity contribution < 1.29 is 22.7 Å². The van der Waals surface area contributed by atoms with Crippen molar-refractivity contribution in [1.82, 2.24) is 0 Å². The molecule has 0 bridgehead atoms. The second-order valence-corrected chi connectivity index (χ2v) is 8.14. The number of hydrogen-bond acceptors (Lipinski definition) is 6. The van der Waals surface area contributed by atoms with Gasteiger partial charge in [-0.3, -0.25) is 0 Å². The molecule has 0 unspecified atom stereocenters. The van der Waals surface area contributed by atoms with E-state index in [1.807, 2.05) is 45.1 Å². The zero-order chi connectivity index (χ0) is 19.4. The predicted molar refractivity (Wildman–Crippen MR) is 105 cm³/mol. The van der Waals surface area contributed by atoms with E-state index in [9.17, 15) is 8.42 Å². The maximum atomic E-state index is 11.8. The standard InChI is InChI=1S/C19H29NO5S/c1-5-6-10-24-18-14-16(2)19(17(3)15-18)25-11-7-8-12-26(21,22)13-9-20-23-4/h5-6,9,14-15H,7-8,10-13H2,1-4H3/b6-5+,20-9+. The summed E-state index contributed by atoms with van der Waals surface area (Å²) < 4.78 is 35.1. The van der Waals surface area contributed by atoms with Crippen LogP contribution in [0.5, 0.6) is 11.5 Å². The Morgan fingerprint density at radius 1 is 1.12 bits per heavy atom. The molecule has 7 heteroatoms. The monoisotopic (exact) mass is 383 g/mol. The van der Waals surface area contributed by atoms with Crippen LogP contribution in [0.1, 0.15) is 30.9 Å². The average Bonchev–Trinajstić information content (AvgIpc) is 2.57. The first kappa shape index (κ1) is 22.0. The molecule has 0 aromatic heterocycles. The summed E-state index contributed by atoms with van der Waals surface area (Å²) in [6.45, 7) is 6.92. The number of aryl methyl sites for hydroxylation is 2. The minimum absolute atomic E-state index is 0.103. The van der Waals surface area contributed by atoms with Gasteiger partial charge in [0.15, 0.2) is 9.84 Å². The second-order valence-electron chi connectivity index (χ2n) is 5.91. The molecule has 0 saturated heterocycles. The highest BCUT2D eigenvalue weighted by Gasteiger charge is 2.10. The van der Waals surface area contributed by atoms with Gasteiger partial charge in [0.2, 0.25) is 0 Å². The third-order valence-corrected chi connectivity index (χ3v) is 5.19. The molecule has 0 radical (unpaired) electrons. The Labute approximate surface area is 156 Å². The summed E-state index contributed by atoms with van der Waals surface area (Å²) in [6.07, 6.45) is 6.37. The molecule has 0 atom stereocenters. The Morgan fingerprint density at radius 2 is 1.81 bits per heavy atom. The van der Waals surface area contributed by atoms with Gasteiger partial charge in [0.1, 0.15) is 25.2 Å². The van der Waals surface area contributed by atoms with Crippen LogP contribution in [0.15, 0.2) is 29.4 Å². The van der Waals surface area contributed by atoms with Crippen molar-refractivity contribution in [2.45, 2.75) is 33.6 Å². The van der Waals surface area contributed by atoms with Gasteiger partial charge < -0.3 is 14.3 Å². The number of hydrogen-bond donors (Lipinski definition) is 0. The Kier molecular flexibility index (Phi) is 9.80. The number of nitrogens with zero attached hydrogens (tertiary/aromatic N) is 1. The van der Waals surface area contributed by atoms with Crippen LogP contribution in [0, 0.1) is 13.8 Å². The molecular weight excluding hydrogens is 354 g/mol. The molecule has 0 amide bonds. The highest BCUT2D eigenvalue weighted by molar-refractivity contribution is 7.92. The molecule has 0 aliphatic carbocycles. The molecule has 1 aromatic rings. The van der Waals surface area contributed by atoms with E-state index in [4.69, 9.17) is 9.47 Å². The second kappa shape index (κ2) is 11.6. The first-order valence-corrected chi connectivity index (χ1v) is 10.4. The minimum Gasteiger partial charge on any atom is -0.493 e. The van der Waals surface area contributed by atoms with Crippen LogP contribution in [0.25, 0.3) is 0 Å². The largest absolute Gasteiger partial charge is 0.493 e. The fraction of sp³-hybridized carbons (Fsp3) is 0.526. The third kappa shape index (κ3) is 8.38. The third-order valence-electron chi connectivity index (χ3n) is 3.62. The van der Waals surface area contributed by atoms with E-state index in [-0.39, 0.29) is 11.5 Å². The van der Waals surface area contributed by atoms with E-state index < -0.39 is 9.84 Å². The lowest BCUT2D eigenvalue weighted by atomic mass is 10.1. The molecule has 146 valence electrons. The number of ether oxygens (including phenoxy) is 2. The van der Waals surface area contributed by atoms with Gasteiger partial charge in [0.25, 0.3) is 0 Å². The summed E-state index contributed by atoms with van der Waals surface area (Å²) in [5.74, 6) is 1.66. The van der Waals surface area contributed by atoms with Gasteiger partial charge in [-0.1, -0.05) is 17.3 Å². The van der Waals surface area contributed by atoms with Crippen LogP contribution in [-0.4, -0.2) is 46.5 Å². The maximum Gasteiger partial charge on any atom is 0.155 e. The number of oxime groups is 1. The molecule has 1 rings (SSSR count). The number of allylic oxidation sites excluding steroid dienone is 1. The fourth-order valence-electron chi connectivity index (χ4n) is 2.36. The van der Waals surface area contributed by atoms with Crippen LogP contribution >= 0.6 is 0 Å². The summed E-state index contributed by atoms with van der Waals surface area (Å²) in [4.78, 5) is 4.46. The van der Waals surface area contributed by atoms with Crippen LogP contribution in [-0.2, 0) is 14.7 Å². The number of benzene rings is 1. The molecule has 0 spiro atoms. The first-order chi connectivity index (χ1) is 12.4. The quantitative estimate of drug-likeness (QED) is 0.239. The summed E-state index contributed by atoms with van der Waals surface area (Å²) >= 11 is 0. The van der Waals surface area contributed by atoms with Crippen LogP contribution in [0.4, 0.5) is 0 Å². The first-order valence-electron chi connectivity index (χ1n) is 8.63. The van der Waals surface area contributed by atoms with Gasteiger partial charge in [-0.05, 0) is 56.9 Å². The van der Waals surface area contributed by atoms with Gasteiger partial charge in [-0.2, -0.15) is 0 Å². The van der Waals surface area contributed by atoms with Gasteiger partial charge in [-0.15, -0.1) is 0 Å². The molecule has 0 heterocycles. The SMILES string of the molecule is C/C=C/COc1cc(C)c(OCCCCS(=O)(=O)C/C=N/OC)c(C)c1. The molecule has 0 N–H and O–H groups in total. The predicted octanol–water partition coefficient (Wildman–Crippen LogP) is 3.46. The van der Waals surface area contributed by atoms with Crippen LogP contribution in [0.2, 0.25) is 0 Å². The van der Waals surface area contributed by atoms with E-state index in [0.717, 1.165) is 22.6 Å². The fourth-order valence-corrected chi connectivity index (χ4v) is 3.46. The number of unbranched alkanes of at least 4 members (excludes halogenated alkanes) is 1. The highest BCUT2D eigenvalue weighted by atomic mass is 32.2. The van der Waals surface area contributed by atoms with E-state index in [1.54, 1.807) is 0 Å². The lowest BCUT2D eigenvalue weighted by Gasteiger charge is -2.14. The average molecular weight is 384 g/mol.